The Morgan fingerprint density at radius 1 is 1.29 bits per heavy atom. The molecule has 0 spiro atoms. The molecular weight excluding hydrogens is 322 g/mol. The molecule has 4 atom stereocenters. The Kier molecular flexibility index (Phi) is 6.69. The van der Waals surface area contributed by atoms with E-state index in [0.29, 0.717) is 0 Å². The summed E-state index contributed by atoms with van der Waals surface area (Å²) < 4.78 is 18.5. The summed E-state index contributed by atoms with van der Waals surface area (Å²) in [6.45, 7) is 18.7. The molecule has 1 saturated heterocycles. The van der Waals surface area contributed by atoms with Crippen LogP contribution in [0.2, 0.25) is 18.1 Å². The third-order valence-corrected chi connectivity index (χ3v) is 9.40. The molecule has 0 N–H and O–H groups in total. The fourth-order valence-electron chi connectivity index (χ4n) is 2.63. The maximum Gasteiger partial charge on any atom is 0.192 e. The van der Waals surface area contributed by atoms with Crippen LogP contribution in [-0.4, -0.2) is 38.5 Å². The predicted molar refractivity (Wildman–Crippen MR) is 99.3 cm³/mol. The molecular formula is C17H33N3O3Si. The van der Waals surface area contributed by atoms with Crippen LogP contribution in [0.3, 0.4) is 0 Å². The van der Waals surface area contributed by atoms with Gasteiger partial charge in [0.25, 0.3) is 0 Å². The molecule has 1 aliphatic heterocycles. The summed E-state index contributed by atoms with van der Waals surface area (Å²) >= 11 is 0. The van der Waals surface area contributed by atoms with Crippen molar-refractivity contribution >= 4 is 8.32 Å². The Morgan fingerprint density at radius 3 is 2.33 bits per heavy atom. The van der Waals surface area contributed by atoms with Gasteiger partial charge < -0.3 is 13.9 Å². The van der Waals surface area contributed by atoms with Gasteiger partial charge in [-0.05, 0) is 51.4 Å². The summed E-state index contributed by atoms with van der Waals surface area (Å²) in [7, 11) is -1.96. The Labute approximate surface area is 147 Å². The van der Waals surface area contributed by atoms with Crippen LogP contribution in [0, 0.1) is 0 Å². The number of hydrogen-bond donors (Lipinski definition) is 0. The van der Waals surface area contributed by atoms with E-state index in [0.717, 1.165) is 0 Å². The van der Waals surface area contributed by atoms with Gasteiger partial charge in [0.05, 0.1) is 24.4 Å². The van der Waals surface area contributed by atoms with Gasteiger partial charge in [-0.1, -0.05) is 38.0 Å². The van der Waals surface area contributed by atoms with Crippen molar-refractivity contribution in [2.45, 2.75) is 96.7 Å². The molecule has 0 radical (unpaired) electrons. The lowest BCUT2D eigenvalue weighted by molar-refractivity contribution is -0.307. The van der Waals surface area contributed by atoms with Crippen molar-refractivity contribution in [3.8, 4) is 0 Å². The number of rotatable bonds is 5. The third kappa shape index (κ3) is 5.07. The van der Waals surface area contributed by atoms with E-state index in [9.17, 15) is 0 Å². The molecule has 138 valence electrons. The lowest BCUT2D eigenvalue weighted by Crippen LogP contribution is -2.58. The fraction of sp³-hybridized carbons (Fsp3) is 0.882. The molecule has 1 fully saturated rings. The minimum Gasteiger partial charge on any atom is -0.412 e. The van der Waals surface area contributed by atoms with E-state index in [-0.39, 0.29) is 23.4 Å². The summed E-state index contributed by atoms with van der Waals surface area (Å²) in [4.78, 5) is 3.00. The average molecular weight is 356 g/mol. The smallest absolute Gasteiger partial charge is 0.192 e. The molecule has 0 unspecified atom stereocenters. The van der Waals surface area contributed by atoms with Crippen LogP contribution < -0.4 is 0 Å². The zero-order valence-corrected chi connectivity index (χ0v) is 17.5. The molecule has 0 amide bonds. The second-order valence-electron chi connectivity index (χ2n) is 8.37. The first-order chi connectivity index (χ1) is 10.8. The predicted octanol–water partition coefficient (Wildman–Crippen LogP) is 5.17. The van der Waals surface area contributed by atoms with E-state index >= 15 is 0 Å². The summed E-state index contributed by atoms with van der Waals surface area (Å²) in [5.74, 6) is -0.763. The Hall–Kier alpha value is -0.853. The second-order valence-corrected chi connectivity index (χ2v) is 13.1. The van der Waals surface area contributed by atoms with Crippen molar-refractivity contribution in [1.82, 2.24) is 0 Å². The third-order valence-electron chi connectivity index (χ3n) is 4.83. The number of azide groups is 1. The lowest BCUT2D eigenvalue weighted by atomic mass is 9.98. The molecule has 0 saturated carbocycles. The molecule has 0 aromatic carbocycles. The monoisotopic (exact) mass is 355 g/mol. The van der Waals surface area contributed by atoms with Crippen molar-refractivity contribution < 1.29 is 13.9 Å². The van der Waals surface area contributed by atoms with Crippen molar-refractivity contribution in [3.05, 3.63) is 22.6 Å². The number of nitrogens with zero attached hydrogens (tertiary/aromatic N) is 3. The van der Waals surface area contributed by atoms with Gasteiger partial charge in [0.15, 0.2) is 14.1 Å². The summed E-state index contributed by atoms with van der Waals surface area (Å²) in [5, 5.41) is 4.05. The van der Waals surface area contributed by atoms with E-state index in [1.165, 1.54) is 0 Å². The maximum absolute atomic E-state index is 8.99. The van der Waals surface area contributed by atoms with Gasteiger partial charge in [0.1, 0.15) is 0 Å². The second kappa shape index (κ2) is 7.58. The van der Waals surface area contributed by atoms with Crippen molar-refractivity contribution in [1.29, 1.82) is 0 Å². The van der Waals surface area contributed by atoms with Gasteiger partial charge in [-0.25, -0.2) is 0 Å². The summed E-state index contributed by atoms with van der Waals surface area (Å²) in [5.41, 5.74) is 8.99. The van der Waals surface area contributed by atoms with E-state index in [1.807, 2.05) is 39.8 Å². The minimum atomic E-state index is -1.96. The van der Waals surface area contributed by atoms with Crippen molar-refractivity contribution in [3.63, 3.8) is 0 Å². The SMILES string of the molecule is C/C=C/[C@@H]1OC(C)(C)O[C@@H]([C@H](C)O[Si](C)(C)C(C)(C)C)[C@H]1N=[N+]=[N-]. The minimum absolute atomic E-state index is 0.0959. The summed E-state index contributed by atoms with van der Waals surface area (Å²) in [6.07, 6.45) is 2.93. The van der Waals surface area contributed by atoms with Crippen LogP contribution in [0.4, 0.5) is 0 Å². The van der Waals surface area contributed by atoms with Gasteiger partial charge in [-0.2, -0.15) is 0 Å². The molecule has 0 aliphatic carbocycles. The summed E-state index contributed by atoms with van der Waals surface area (Å²) in [6, 6.07) is -0.459. The van der Waals surface area contributed by atoms with Crippen LogP contribution in [0.25, 0.3) is 10.4 Å². The maximum atomic E-state index is 8.99. The molecule has 6 nitrogen and oxygen atoms in total. The van der Waals surface area contributed by atoms with E-state index in [2.05, 4.69) is 43.9 Å². The first kappa shape index (κ1) is 21.2. The van der Waals surface area contributed by atoms with Crippen molar-refractivity contribution in [2.75, 3.05) is 0 Å². The quantitative estimate of drug-likeness (QED) is 0.224. The number of allylic oxidation sites excluding steroid dienone is 1. The van der Waals surface area contributed by atoms with Gasteiger partial charge >= 0.3 is 0 Å². The Balaban J connectivity index is 3.12. The standard InChI is InChI=1S/C17H33N3O3Si/c1-10-11-13-14(19-20-18)15(22-17(6,7)21-13)12(2)23-24(8,9)16(3,4)5/h10-15H,1-9H3/b11-10+/t12-,13-,14-,15-/m0/s1. The Morgan fingerprint density at radius 2 is 1.88 bits per heavy atom. The highest BCUT2D eigenvalue weighted by Crippen LogP contribution is 2.39. The molecule has 7 heteroatoms. The van der Waals surface area contributed by atoms with Gasteiger partial charge in [-0.15, -0.1) is 0 Å². The van der Waals surface area contributed by atoms with Gasteiger partial charge in [-0.3, -0.25) is 0 Å². The van der Waals surface area contributed by atoms with E-state index < -0.39 is 20.1 Å². The van der Waals surface area contributed by atoms with E-state index in [1.54, 1.807) is 0 Å². The Bertz CT molecular complexity index is 508. The first-order valence-electron chi connectivity index (χ1n) is 8.55. The van der Waals surface area contributed by atoms with Crippen LogP contribution >= 0.6 is 0 Å². The molecule has 1 aliphatic rings. The van der Waals surface area contributed by atoms with Gasteiger partial charge in [0, 0.05) is 4.91 Å². The molecule has 0 bridgehead atoms. The zero-order valence-electron chi connectivity index (χ0n) is 16.5. The van der Waals surface area contributed by atoms with Crippen LogP contribution in [0.1, 0.15) is 48.5 Å². The highest BCUT2D eigenvalue weighted by molar-refractivity contribution is 6.74. The number of hydrogen-bond acceptors (Lipinski definition) is 4. The van der Waals surface area contributed by atoms with Gasteiger partial charge in [0.2, 0.25) is 0 Å². The number of ether oxygens (including phenoxy) is 2. The lowest BCUT2D eigenvalue weighted by Gasteiger charge is -2.48. The molecule has 24 heavy (non-hydrogen) atoms. The topological polar surface area (TPSA) is 76.5 Å². The molecule has 0 aromatic heterocycles. The highest BCUT2D eigenvalue weighted by Gasteiger charge is 2.47. The van der Waals surface area contributed by atoms with Crippen LogP contribution in [0.5, 0.6) is 0 Å². The van der Waals surface area contributed by atoms with E-state index in [4.69, 9.17) is 19.4 Å². The highest BCUT2D eigenvalue weighted by atomic mass is 28.4. The van der Waals surface area contributed by atoms with Crippen LogP contribution in [0.15, 0.2) is 17.3 Å². The normalized spacial score (nSPS) is 29.3. The van der Waals surface area contributed by atoms with Crippen molar-refractivity contribution in [2.24, 2.45) is 5.11 Å². The first-order valence-corrected chi connectivity index (χ1v) is 11.5. The average Bonchev–Trinajstić information content (AvgIpc) is 2.39. The molecule has 0 aromatic rings. The fourth-order valence-corrected chi connectivity index (χ4v) is 4.04. The zero-order chi connectivity index (χ0) is 18.8. The molecule has 1 rings (SSSR count). The molecule has 1 heterocycles. The van der Waals surface area contributed by atoms with Crippen LogP contribution in [-0.2, 0) is 13.9 Å². The largest absolute Gasteiger partial charge is 0.412 e.